The Labute approximate surface area is 231 Å². The molecule has 0 saturated carbocycles. The molecule has 0 aliphatic carbocycles. The Kier molecular flexibility index (Phi) is 11.0. The molecule has 3 N–H and O–H groups in total. The number of unbranched alkanes of at least 4 members (excludes halogenated alkanes) is 2. The standard InChI is InChI=1S/C28H32ClN5O2.C2H6/c1-3-4-8-13-31-28(35)34-17-22-23(18-34)32-27(30)33-26(22)25-19(2)15-21(29)16-24(25)36-14-9-12-20-10-6-5-7-11-20;1-2/h5-7,9-12,15-16H,3-4,8,13-14,17-18H2,1-2H3,(H,31,35)(H2,30,32,33);1-2H3/b12-9+;. The maximum atomic E-state index is 12.8. The molecule has 3 aromatic rings. The molecular formula is C30H38ClN5O2. The van der Waals surface area contributed by atoms with E-state index in [1.165, 1.54) is 0 Å². The number of urea groups is 1. The van der Waals surface area contributed by atoms with Crippen molar-refractivity contribution < 1.29 is 9.53 Å². The number of amides is 2. The summed E-state index contributed by atoms with van der Waals surface area (Å²) in [7, 11) is 0. The van der Waals surface area contributed by atoms with E-state index in [-0.39, 0.29) is 12.0 Å². The second kappa shape index (κ2) is 14.4. The lowest BCUT2D eigenvalue weighted by atomic mass is 10.00. The summed E-state index contributed by atoms with van der Waals surface area (Å²) in [5, 5.41) is 3.58. The minimum atomic E-state index is -0.107. The van der Waals surface area contributed by atoms with Crippen LogP contribution >= 0.6 is 11.6 Å². The SMILES string of the molecule is CC.CCCCCNC(=O)N1Cc2nc(N)nc(-c3c(C)cc(Cl)cc3OC/C=C/c3ccccc3)c2C1. The molecule has 7 nitrogen and oxygen atoms in total. The first-order chi connectivity index (χ1) is 18.5. The van der Waals surface area contributed by atoms with Gasteiger partial charge in [0.2, 0.25) is 5.95 Å². The Bertz CT molecular complexity index is 1250. The van der Waals surface area contributed by atoms with Crippen molar-refractivity contribution in [1.29, 1.82) is 0 Å². The minimum absolute atomic E-state index is 0.107. The van der Waals surface area contributed by atoms with Crippen LogP contribution in [0.5, 0.6) is 5.75 Å². The molecule has 0 radical (unpaired) electrons. The molecule has 0 fully saturated rings. The Morgan fingerprint density at radius 1 is 1.16 bits per heavy atom. The van der Waals surface area contributed by atoms with E-state index in [2.05, 4.69) is 22.2 Å². The van der Waals surface area contributed by atoms with Crippen molar-refractivity contribution in [3.8, 4) is 17.0 Å². The highest BCUT2D eigenvalue weighted by Crippen LogP contribution is 2.40. The fourth-order valence-corrected chi connectivity index (χ4v) is 4.59. The number of nitrogens with one attached hydrogen (secondary N) is 1. The van der Waals surface area contributed by atoms with E-state index < -0.39 is 0 Å². The van der Waals surface area contributed by atoms with Crippen molar-refractivity contribution in [2.45, 2.75) is 60.0 Å². The second-order valence-corrected chi connectivity index (χ2v) is 9.31. The molecule has 4 rings (SSSR count). The van der Waals surface area contributed by atoms with E-state index in [4.69, 9.17) is 22.1 Å². The molecule has 1 aromatic heterocycles. The zero-order chi connectivity index (χ0) is 27.5. The quantitative estimate of drug-likeness (QED) is 0.287. The van der Waals surface area contributed by atoms with Crippen LogP contribution in [0, 0.1) is 6.92 Å². The number of aromatic nitrogens is 2. The number of carbonyl (C=O) groups excluding carboxylic acids is 1. The van der Waals surface area contributed by atoms with Crippen LogP contribution in [0.25, 0.3) is 17.3 Å². The summed E-state index contributed by atoms with van der Waals surface area (Å²) in [6.45, 7) is 9.91. The summed E-state index contributed by atoms with van der Waals surface area (Å²) in [5.41, 5.74) is 11.2. The molecule has 8 heteroatoms. The number of carbonyl (C=O) groups is 1. The van der Waals surface area contributed by atoms with Gasteiger partial charge in [-0.15, -0.1) is 0 Å². The van der Waals surface area contributed by atoms with E-state index in [0.29, 0.717) is 42.7 Å². The summed E-state index contributed by atoms with van der Waals surface area (Å²) in [6.07, 6.45) is 7.12. The highest BCUT2D eigenvalue weighted by Gasteiger charge is 2.30. The maximum absolute atomic E-state index is 12.8. The Morgan fingerprint density at radius 3 is 2.66 bits per heavy atom. The number of nitrogens with two attached hydrogens (primary N) is 1. The highest BCUT2D eigenvalue weighted by molar-refractivity contribution is 6.31. The third kappa shape index (κ3) is 7.48. The number of rotatable bonds is 9. The number of halogens is 1. The molecular weight excluding hydrogens is 498 g/mol. The molecule has 2 aromatic carbocycles. The lowest BCUT2D eigenvalue weighted by Crippen LogP contribution is -2.36. The van der Waals surface area contributed by atoms with Gasteiger partial charge in [0.1, 0.15) is 12.4 Å². The zero-order valence-electron chi connectivity index (χ0n) is 22.8. The number of aryl methyl sites for hydroxylation is 1. The number of benzene rings is 2. The fourth-order valence-electron chi connectivity index (χ4n) is 4.32. The van der Waals surface area contributed by atoms with Crippen molar-refractivity contribution >= 4 is 29.7 Å². The highest BCUT2D eigenvalue weighted by atomic mass is 35.5. The van der Waals surface area contributed by atoms with Gasteiger partial charge in [-0.05, 0) is 42.7 Å². The summed E-state index contributed by atoms with van der Waals surface area (Å²) >= 11 is 6.39. The van der Waals surface area contributed by atoms with Gasteiger partial charge < -0.3 is 20.7 Å². The van der Waals surface area contributed by atoms with Crippen LogP contribution in [0.1, 0.15) is 62.4 Å². The molecule has 2 amide bonds. The first-order valence-electron chi connectivity index (χ1n) is 13.3. The van der Waals surface area contributed by atoms with E-state index in [0.717, 1.165) is 47.2 Å². The number of fused-ring (bicyclic) bond motifs is 1. The largest absolute Gasteiger partial charge is 0.489 e. The number of hydrogen-bond acceptors (Lipinski definition) is 5. The molecule has 2 heterocycles. The van der Waals surface area contributed by atoms with Crippen molar-refractivity contribution in [3.05, 3.63) is 75.9 Å². The van der Waals surface area contributed by atoms with Gasteiger partial charge in [-0.25, -0.2) is 14.8 Å². The number of nitrogen functional groups attached to an aromatic ring is 1. The van der Waals surface area contributed by atoms with Gasteiger partial charge >= 0.3 is 6.03 Å². The van der Waals surface area contributed by atoms with Gasteiger partial charge in [0.05, 0.1) is 24.5 Å². The third-order valence-electron chi connectivity index (χ3n) is 6.09. The number of nitrogens with zero attached hydrogens (tertiary/aromatic N) is 3. The van der Waals surface area contributed by atoms with E-state index in [1.807, 2.05) is 69.3 Å². The Hall–Kier alpha value is -3.58. The topological polar surface area (TPSA) is 93.4 Å². The normalized spacial score (nSPS) is 12.2. The molecule has 0 unspecified atom stereocenters. The summed E-state index contributed by atoms with van der Waals surface area (Å²) < 4.78 is 6.16. The summed E-state index contributed by atoms with van der Waals surface area (Å²) in [5.74, 6) is 0.777. The van der Waals surface area contributed by atoms with Crippen molar-refractivity contribution in [1.82, 2.24) is 20.2 Å². The van der Waals surface area contributed by atoms with Crippen LogP contribution in [0.4, 0.5) is 10.7 Å². The van der Waals surface area contributed by atoms with Crippen LogP contribution in [-0.2, 0) is 13.1 Å². The van der Waals surface area contributed by atoms with Gasteiger partial charge in [-0.3, -0.25) is 0 Å². The van der Waals surface area contributed by atoms with Crippen LogP contribution in [0.3, 0.4) is 0 Å². The van der Waals surface area contributed by atoms with Crippen molar-refractivity contribution in [3.63, 3.8) is 0 Å². The van der Waals surface area contributed by atoms with E-state index in [9.17, 15) is 4.79 Å². The van der Waals surface area contributed by atoms with Crippen molar-refractivity contribution in [2.75, 3.05) is 18.9 Å². The number of ether oxygens (including phenoxy) is 1. The predicted octanol–water partition coefficient (Wildman–Crippen LogP) is 7.02. The van der Waals surface area contributed by atoms with Crippen LogP contribution < -0.4 is 15.8 Å². The van der Waals surface area contributed by atoms with Crippen LogP contribution in [0.15, 0.2) is 48.5 Å². The van der Waals surface area contributed by atoms with E-state index in [1.54, 1.807) is 11.0 Å². The predicted molar refractivity (Wildman–Crippen MR) is 156 cm³/mol. The fraction of sp³-hybridized carbons (Fsp3) is 0.367. The van der Waals surface area contributed by atoms with Gasteiger partial charge in [-0.2, -0.15) is 0 Å². The molecule has 0 bridgehead atoms. The minimum Gasteiger partial charge on any atom is -0.489 e. The average molecular weight is 536 g/mol. The summed E-state index contributed by atoms with van der Waals surface area (Å²) in [4.78, 5) is 23.5. The van der Waals surface area contributed by atoms with Crippen LogP contribution in [0.2, 0.25) is 5.02 Å². The third-order valence-corrected chi connectivity index (χ3v) is 6.31. The lowest BCUT2D eigenvalue weighted by molar-refractivity contribution is 0.198. The monoisotopic (exact) mass is 535 g/mol. The Morgan fingerprint density at radius 2 is 1.92 bits per heavy atom. The average Bonchev–Trinajstić information content (AvgIpc) is 3.34. The van der Waals surface area contributed by atoms with Crippen molar-refractivity contribution in [2.24, 2.45) is 0 Å². The van der Waals surface area contributed by atoms with Gasteiger partial charge in [-0.1, -0.05) is 81.6 Å². The lowest BCUT2D eigenvalue weighted by Gasteiger charge is -2.17. The van der Waals surface area contributed by atoms with Crippen LogP contribution in [-0.4, -0.2) is 34.1 Å². The number of hydrogen-bond donors (Lipinski definition) is 2. The molecule has 38 heavy (non-hydrogen) atoms. The van der Waals surface area contributed by atoms with Gasteiger partial charge in [0.15, 0.2) is 0 Å². The molecule has 1 aliphatic heterocycles. The molecule has 1 aliphatic rings. The van der Waals surface area contributed by atoms with Gasteiger partial charge in [0.25, 0.3) is 0 Å². The smallest absolute Gasteiger partial charge is 0.318 e. The summed E-state index contributed by atoms with van der Waals surface area (Å²) in [6, 6.07) is 13.6. The second-order valence-electron chi connectivity index (χ2n) is 8.87. The van der Waals surface area contributed by atoms with E-state index >= 15 is 0 Å². The zero-order valence-corrected chi connectivity index (χ0v) is 23.5. The number of anilines is 1. The molecule has 202 valence electrons. The first kappa shape index (κ1) is 29.0. The maximum Gasteiger partial charge on any atom is 0.318 e. The van der Waals surface area contributed by atoms with Gasteiger partial charge in [0, 0.05) is 22.7 Å². The first-order valence-corrected chi connectivity index (χ1v) is 13.7. The molecule has 0 spiro atoms. The Balaban J connectivity index is 0.00000195. The molecule has 0 atom stereocenters. The molecule has 0 saturated heterocycles.